The fraction of sp³-hybridized carbons (Fsp3) is 0.571. The number of nitrogens with zero attached hydrogens (tertiary/aromatic N) is 3. The molecule has 1 atom stereocenters. The van der Waals surface area contributed by atoms with Crippen LogP contribution in [0.4, 0.5) is 0 Å². The van der Waals surface area contributed by atoms with E-state index < -0.39 is 0 Å². The van der Waals surface area contributed by atoms with Crippen LogP contribution in [0.3, 0.4) is 0 Å². The van der Waals surface area contributed by atoms with Gasteiger partial charge in [0.1, 0.15) is 5.76 Å². The van der Waals surface area contributed by atoms with Gasteiger partial charge in [0.05, 0.1) is 24.1 Å². The molecule has 1 unspecified atom stereocenters. The van der Waals surface area contributed by atoms with Crippen molar-refractivity contribution in [1.29, 1.82) is 0 Å². The third-order valence-electron chi connectivity index (χ3n) is 3.59. The van der Waals surface area contributed by atoms with Gasteiger partial charge in [-0.25, -0.2) is 4.68 Å². The Morgan fingerprint density at radius 3 is 2.55 bits per heavy atom. The van der Waals surface area contributed by atoms with E-state index in [-0.39, 0.29) is 6.04 Å². The summed E-state index contributed by atoms with van der Waals surface area (Å²) in [4.78, 5) is 0. The first-order chi connectivity index (χ1) is 9.45. The van der Waals surface area contributed by atoms with Crippen LogP contribution >= 0.6 is 0 Å². The minimum Gasteiger partial charge on any atom is -0.481 e. The highest BCUT2D eigenvalue weighted by atomic mass is 16.5. The van der Waals surface area contributed by atoms with Gasteiger partial charge in [0.2, 0.25) is 5.88 Å². The molecule has 20 heavy (non-hydrogen) atoms. The topological polar surface area (TPSA) is 65.1 Å². The quantitative estimate of drug-likeness (QED) is 0.908. The van der Waals surface area contributed by atoms with Gasteiger partial charge in [-0.1, -0.05) is 5.16 Å². The van der Waals surface area contributed by atoms with E-state index in [9.17, 15) is 0 Å². The Labute approximate surface area is 119 Å². The lowest BCUT2D eigenvalue weighted by atomic mass is 10.1. The summed E-state index contributed by atoms with van der Waals surface area (Å²) in [6.07, 6.45) is 0. The van der Waals surface area contributed by atoms with Crippen LogP contribution in [0.15, 0.2) is 4.52 Å². The van der Waals surface area contributed by atoms with E-state index >= 15 is 0 Å². The van der Waals surface area contributed by atoms with Gasteiger partial charge in [-0.15, -0.1) is 0 Å². The second-order valence-electron chi connectivity index (χ2n) is 5.04. The first-order valence-corrected chi connectivity index (χ1v) is 6.68. The van der Waals surface area contributed by atoms with Crippen LogP contribution in [0.25, 0.3) is 0 Å². The molecule has 2 heterocycles. The predicted molar refractivity (Wildman–Crippen MR) is 75.7 cm³/mol. The molecule has 0 aliphatic heterocycles. The van der Waals surface area contributed by atoms with Crippen LogP contribution in [-0.4, -0.2) is 22.0 Å². The van der Waals surface area contributed by atoms with E-state index in [2.05, 4.69) is 22.5 Å². The molecule has 0 radical (unpaired) electrons. The molecule has 2 aromatic heterocycles. The number of aryl methyl sites for hydroxylation is 4. The van der Waals surface area contributed by atoms with Crippen molar-refractivity contribution in [2.75, 3.05) is 7.11 Å². The van der Waals surface area contributed by atoms with Crippen molar-refractivity contribution in [2.24, 2.45) is 7.05 Å². The average Bonchev–Trinajstić information content (AvgIpc) is 2.86. The number of nitrogens with one attached hydrogen (secondary N) is 1. The lowest BCUT2D eigenvalue weighted by Crippen LogP contribution is -2.19. The smallest absolute Gasteiger partial charge is 0.216 e. The SMILES string of the molecule is COc1c(CNC(C)c2c(C)noc2C)c(C)nn1C. The summed E-state index contributed by atoms with van der Waals surface area (Å²) in [5.74, 6) is 1.65. The minimum absolute atomic E-state index is 0.158. The highest BCUT2D eigenvalue weighted by Gasteiger charge is 2.18. The molecule has 0 fully saturated rings. The minimum atomic E-state index is 0.158. The maximum absolute atomic E-state index is 5.40. The maximum Gasteiger partial charge on any atom is 0.216 e. The van der Waals surface area contributed by atoms with Crippen LogP contribution in [0.5, 0.6) is 5.88 Å². The molecule has 2 aromatic rings. The van der Waals surface area contributed by atoms with Crippen LogP contribution < -0.4 is 10.1 Å². The van der Waals surface area contributed by atoms with E-state index in [0.717, 1.165) is 34.2 Å². The van der Waals surface area contributed by atoms with Gasteiger partial charge in [-0.3, -0.25) is 0 Å². The zero-order chi connectivity index (χ0) is 14.9. The third kappa shape index (κ3) is 2.56. The molecule has 6 heteroatoms. The standard InChI is InChI=1S/C14H22N4O2/c1-8-12(14(19-6)18(5)16-8)7-15-9(2)13-10(3)17-20-11(13)4/h9,15H,7H2,1-6H3. The van der Waals surface area contributed by atoms with Gasteiger partial charge >= 0.3 is 0 Å². The molecule has 0 aromatic carbocycles. The van der Waals surface area contributed by atoms with Crippen molar-refractivity contribution in [2.45, 2.75) is 40.3 Å². The second-order valence-corrected chi connectivity index (χ2v) is 5.04. The van der Waals surface area contributed by atoms with E-state index in [1.807, 2.05) is 27.8 Å². The summed E-state index contributed by atoms with van der Waals surface area (Å²) in [5.41, 5.74) is 4.10. The van der Waals surface area contributed by atoms with E-state index in [1.54, 1.807) is 11.8 Å². The van der Waals surface area contributed by atoms with Crippen LogP contribution in [-0.2, 0) is 13.6 Å². The molecular weight excluding hydrogens is 256 g/mol. The third-order valence-corrected chi connectivity index (χ3v) is 3.59. The predicted octanol–water partition coefficient (Wildman–Crippen LogP) is 2.19. The maximum atomic E-state index is 5.40. The highest BCUT2D eigenvalue weighted by molar-refractivity contribution is 5.31. The second kappa shape index (κ2) is 5.66. The normalized spacial score (nSPS) is 12.7. The number of aromatic nitrogens is 3. The summed E-state index contributed by atoms with van der Waals surface area (Å²) in [6.45, 7) is 8.67. The summed E-state index contributed by atoms with van der Waals surface area (Å²) in [5, 5.41) is 11.8. The molecule has 0 spiro atoms. The van der Waals surface area contributed by atoms with Crippen LogP contribution in [0.1, 0.15) is 41.2 Å². The van der Waals surface area contributed by atoms with Crippen molar-refractivity contribution in [3.05, 3.63) is 28.3 Å². The van der Waals surface area contributed by atoms with E-state index in [1.165, 1.54) is 0 Å². The van der Waals surface area contributed by atoms with Crippen molar-refractivity contribution >= 4 is 0 Å². The molecule has 0 aliphatic carbocycles. The first kappa shape index (κ1) is 14.6. The van der Waals surface area contributed by atoms with Gasteiger partial charge in [0, 0.05) is 25.2 Å². The molecule has 1 N–H and O–H groups in total. The van der Waals surface area contributed by atoms with E-state index in [0.29, 0.717) is 6.54 Å². The van der Waals surface area contributed by atoms with E-state index in [4.69, 9.17) is 9.26 Å². The van der Waals surface area contributed by atoms with Crippen molar-refractivity contribution in [3.8, 4) is 5.88 Å². The molecule has 0 saturated heterocycles. The number of ether oxygens (including phenoxy) is 1. The number of hydrogen-bond donors (Lipinski definition) is 1. The molecule has 0 amide bonds. The summed E-state index contributed by atoms with van der Waals surface area (Å²) in [6, 6.07) is 0.158. The Morgan fingerprint density at radius 2 is 2.00 bits per heavy atom. The zero-order valence-electron chi connectivity index (χ0n) is 12.9. The van der Waals surface area contributed by atoms with Crippen LogP contribution in [0, 0.1) is 20.8 Å². The Kier molecular flexibility index (Phi) is 4.13. The molecule has 0 bridgehead atoms. The van der Waals surface area contributed by atoms with Crippen molar-refractivity contribution in [3.63, 3.8) is 0 Å². The number of methoxy groups -OCH3 is 1. The number of rotatable bonds is 5. The van der Waals surface area contributed by atoms with Gasteiger partial charge in [0.15, 0.2) is 0 Å². The average molecular weight is 278 g/mol. The summed E-state index contributed by atoms with van der Waals surface area (Å²) >= 11 is 0. The Bertz CT molecular complexity index is 581. The van der Waals surface area contributed by atoms with Gasteiger partial charge < -0.3 is 14.6 Å². The molecular formula is C14H22N4O2. The Balaban J connectivity index is 2.13. The largest absolute Gasteiger partial charge is 0.481 e. The zero-order valence-corrected chi connectivity index (χ0v) is 12.9. The summed E-state index contributed by atoms with van der Waals surface area (Å²) in [7, 11) is 3.55. The number of hydrogen-bond acceptors (Lipinski definition) is 5. The molecule has 0 saturated carbocycles. The monoisotopic (exact) mass is 278 g/mol. The molecule has 110 valence electrons. The summed E-state index contributed by atoms with van der Waals surface area (Å²) < 4.78 is 12.4. The first-order valence-electron chi connectivity index (χ1n) is 6.68. The van der Waals surface area contributed by atoms with Gasteiger partial charge in [0.25, 0.3) is 0 Å². The Hall–Kier alpha value is -1.82. The highest BCUT2D eigenvalue weighted by Crippen LogP contribution is 2.24. The lowest BCUT2D eigenvalue weighted by molar-refractivity contribution is 0.366. The molecule has 0 aliphatic rings. The van der Waals surface area contributed by atoms with Gasteiger partial charge in [-0.2, -0.15) is 5.10 Å². The lowest BCUT2D eigenvalue weighted by Gasteiger charge is -2.14. The van der Waals surface area contributed by atoms with Crippen LogP contribution in [0.2, 0.25) is 0 Å². The van der Waals surface area contributed by atoms with Gasteiger partial charge in [-0.05, 0) is 27.7 Å². The van der Waals surface area contributed by atoms with Crippen molar-refractivity contribution < 1.29 is 9.26 Å². The van der Waals surface area contributed by atoms with Crippen molar-refractivity contribution in [1.82, 2.24) is 20.3 Å². The fourth-order valence-corrected chi connectivity index (χ4v) is 2.61. The fourth-order valence-electron chi connectivity index (χ4n) is 2.61. The Morgan fingerprint density at radius 1 is 1.30 bits per heavy atom. The molecule has 2 rings (SSSR count). The molecule has 6 nitrogen and oxygen atoms in total.